The van der Waals surface area contributed by atoms with Crippen LogP contribution in [0.3, 0.4) is 0 Å². The molecule has 1 heterocycles. The quantitative estimate of drug-likeness (QED) is 0.726. The minimum Gasteiger partial charge on any atom is -0.478 e. The number of hydrogen-bond donors (Lipinski definition) is 3. The molecule has 6 heteroatoms. The van der Waals surface area contributed by atoms with Gasteiger partial charge in [-0.25, -0.2) is 4.79 Å². The number of carbonyl (C=O) groups is 1. The van der Waals surface area contributed by atoms with Crippen LogP contribution in [0.25, 0.3) is 6.08 Å². The van der Waals surface area contributed by atoms with Crippen LogP contribution >= 0.6 is 12.4 Å². The second-order valence-corrected chi connectivity index (χ2v) is 4.40. The molecule has 3 N–H and O–H groups in total. The molecule has 1 saturated heterocycles. The van der Waals surface area contributed by atoms with Crippen molar-refractivity contribution >= 4 is 24.5 Å². The number of aliphatic hydroxyl groups is 1. The number of nitrogens with zero attached hydrogens (tertiary/aromatic N) is 1. The Balaban J connectivity index is 0.000000370. The third-order valence-electron chi connectivity index (χ3n) is 2.84. The molecule has 0 radical (unpaired) electrons. The van der Waals surface area contributed by atoms with Crippen LogP contribution in [0.15, 0.2) is 36.4 Å². The number of hydrogen-bond acceptors (Lipinski definition) is 4. The van der Waals surface area contributed by atoms with E-state index in [1.54, 1.807) is 6.08 Å². The first-order valence-electron chi connectivity index (χ1n) is 6.72. The van der Waals surface area contributed by atoms with Gasteiger partial charge in [0.15, 0.2) is 0 Å². The van der Waals surface area contributed by atoms with E-state index in [2.05, 4.69) is 10.2 Å². The first-order valence-corrected chi connectivity index (χ1v) is 6.72. The standard InChI is InChI=1S/C9H8O2.C6H14N2O.ClH/c10-9(11)7-6-8-4-2-1-3-5-8;9-6-5-8-3-1-7-2-4-8;/h1-7H,(H,10,11);7,9H,1-6H2;1H/b7-6+;;. The second kappa shape index (κ2) is 12.3. The van der Waals surface area contributed by atoms with Gasteiger partial charge in [-0.2, -0.15) is 0 Å². The maximum absolute atomic E-state index is 10.1. The third kappa shape index (κ3) is 10.0. The predicted octanol–water partition coefficient (Wildman–Crippen LogP) is 1.09. The molecule has 1 aromatic rings. The summed E-state index contributed by atoms with van der Waals surface area (Å²) < 4.78 is 0. The summed E-state index contributed by atoms with van der Waals surface area (Å²) in [5.74, 6) is -0.922. The van der Waals surface area contributed by atoms with Gasteiger partial charge < -0.3 is 15.5 Å². The van der Waals surface area contributed by atoms with Crippen LogP contribution in [-0.2, 0) is 4.79 Å². The molecule has 0 aliphatic carbocycles. The molecule has 0 unspecified atom stereocenters. The van der Waals surface area contributed by atoms with E-state index in [9.17, 15) is 4.79 Å². The molecule has 0 amide bonds. The van der Waals surface area contributed by atoms with Crippen molar-refractivity contribution in [2.75, 3.05) is 39.3 Å². The first-order chi connectivity index (χ1) is 9.72. The lowest BCUT2D eigenvalue weighted by atomic mass is 10.2. The molecule has 1 aromatic carbocycles. The van der Waals surface area contributed by atoms with E-state index in [-0.39, 0.29) is 12.4 Å². The molecule has 1 aliphatic rings. The number of carboxylic acid groups (broad SMARTS) is 1. The monoisotopic (exact) mass is 314 g/mol. The Bertz CT molecular complexity index is 404. The molecule has 0 atom stereocenters. The minimum absolute atomic E-state index is 0. The smallest absolute Gasteiger partial charge is 0.328 e. The molecule has 5 nitrogen and oxygen atoms in total. The fourth-order valence-electron chi connectivity index (χ4n) is 1.81. The summed E-state index contributed by atoms with van der Waals surface area (Å²) in [5.41, 5.74) is 0.898. The number of aliphatic hydroxyl groups excluding tert-OH is 1. The van der Waals surface area contributed by atoms with Crippen LogP contribution in [0.4, 0.5) is 0 Å². The lowest BCUT2D eigenvalue weighted by Crippen LogP contribution is -2.44. The SMILES string of the molecule is Cl.O=C(O)/C=C/c1ccccc1.OCCN1CCNCC1. The Kier molecular flexibility index (Phi) is 11.5. The Morgan fingerprint density at radius 1 is 1.24 bits per heavy atom. The molecular weight excluding hydrogens is 292 g/mol. The zero-order valence-electron chi connectivity index (χ0n) is 11.9. The summed E-state index contributed by atoms with van der Waals surface area (Å²) in [6.45, 7) is 5.43. The van der Waals surface area contributed by atoms with Crippen molar-refractivity contribution < 1.29 is 15.0 Å². The molecule has 1 aliphatic heterocycles. The summed E-state index contributed by atoms with van der Waals surface area (Å²) >= 11 is 0. The number of nitrogens with one attached hydrogen (secondary N) is 1. The lowest BCUT2D eigenvalue weighted by Gasteiger charge is -2.25. The van der Waals surface area contributed by atoms with Gasteiger partial charge in [-0.15, -0.1) is 12.4 Å². The summed E-state index contributed by atoms with van der Waals surface area (Å²) in [6.07, 6.45) is 2.68. The van der Waals surface area contributed by atoms with Crippen LogP contribution in [-0.4, -0.2) is 60.4 Å². The second-order valence-electron chi connectivity index (χ2n) is 4.40. The summed E-state index contributed by atoms with van der Waals surface area (Å²) in [5, 5.41) is 20.1. The number of rotatable bonds is 4. The highest BCUT2D eigenvalue weighted by Gasteiger charge is 2.06. The van der Waals surface area contributed by atoms with Gasteiger partial charge in [0, 0.05) is 38.8 Å². The van der Waals surface area contributed by atoms with Gasteiger partial charge in [-0.3, -0.25) is 4.90 Å². The van der Waals surface area contributed by atoms with E-state index in [1.807, 2.05) is 30.3 Å². The topological polar surface area (TPSA) is 72.8 Å². The van der Waals surface area contributed by atoms with Crippen LogP contribution in [0.1, 0.15) is 5.56 Å². The maximum atomic E-state index is 10.1. The fourth-order valence-corrected chi connectivity index (χ4v) is 1.81. The predicted molar refractivity (Wildman–Crippen MR) is 86.8 cm³/mol. The van der Waals surface area contributed by atoms with Gasteiger partial charge in [0.25, 0.3) is 0 Å². The maximum Gasteiger partial charge on any atom is 0.328 e. The average Bonchev–Trinajstić information content (AvgIpc) is 2.48. The van der Waals surface area contributed by atoms with E-state index in [0.29, 0.717) is 6.61 Å². The van der Waals surface area contributed by atoms with E-state index in [4.69, 9.17) is 10.2 Å². The molecule has 0 saturated carbocycles. The van der Waals surface area contributed by atoms with Crippen molar-refractivity contribution in [3.63, 3.8) is 0 Å². The normalized spacial score (nSPS) is 14.9. The third-order valence-corrected chi connectivity index (χ3v) is 2.84. The van der Waals surface area contributed by atoms with Crippen LogP contribution in [0.2, 0.25) is 0 Å². The zero-order chi connectivity index (χ0) is 14.6. The van der Waals surface area contributed by atoms with Gasteiger partial charge in [-0.05, 0) is 11.6 Å². The fraction of sp³-hybridized carbons (Fsp3) is 0.400. The number of β-amino-alcohol motifs (C(OH)–C–C–N with tert-alkyl or cyclic N) is 1. The molecule has 0 aromatic heterocycles. The molecule has 2 rings (SSSR count). The molecule has 1 fully saturated rings. The van der Waals surface area contributed by atoms with Crippen molar-refractivity contribution in [3.05, 3.63) is 42.0 Å². The summed E-state index contributed by atoms with van der Waals surface area (Å²) in [4.78, 5) is 12.3. The molecule has 0 bridgehead atoms. The highest BCUT2D eigenvalue weighted by atomic mass is 35.5. The highest BCUT2D eigenvalue weighted by Crippen LogP contribution is 1.99. The van der Waals surface area contributed by atoms with Crippen molar-refractivity contribution in [3.8, 4) is 0 Å². The lowest BCUT2D eigenvalue weighted by molar-refractivity contribution is -0.131. The van der Waals surface area contributed by atoms with Crippen LogP contribution in [0.5, 0.6) is 0 Å². The first kappa shape index (κ1) is 19.6. The Morgan fingerprint density at radius 3 is 2.38 bits per heavy atom. The van der Waals surface area contributed by atoms with Crippen molar-refractivity contribution in [2.24, 2.45) is 0 Å². The molecule has 0 spiro atoms. The van der Waals surface area contributed by atoms with Crippen LogP contribution < -0.4 is 5.32 Å². The van der Waals surface area contributed by atoms with Gasteiger partial charge >= 0.3 is 5.97 Å². The van der Waals surface area contributed by atoms with Crippen molar-refractivity contribution in [2.45, 2.75) is 0 Å². The largest absolute Gasteiger partial charge is 0.478 e. The summed E-state index contributed by atoms with van der Waals surface area (Å²) in [7, 11) is 0. The highest BCUT2D eigenvalue weighted by molar-refractivity contribution is 5.85. The van der Waals surface area contributed by atoms with Gasteiger partial charge in [0.1, 0.15) is 0 Å². The Labute approximate surface area is 131 Å². The van der Waals surface area contributed by atoms with Gasteiger partial charge in [-0.1, -0.05) is 30.3 Å². The average molecular weight is 315 g/mol. The van der Waals surface area contributed by atoms with E-state index in [0.717, 1.165) is 44.4 Å². The molecule has 118 valence electrons. The van der Waals surface area contributed by atoms with E-state index >= 15 is 0 Å². The minimum atomic E-state index is -0.922. The van der Waals surface area contributed by atoms with E-state index < -0.39 is 5.97 Å². The van der Waals surface area contributed by atoms with Gasteiger partial charge in [0.05, 0.1) is 6.61 Å². The molecular formula is C15H23ClN2O3. The number of carboxylic acids is 1. The van der Waals surface area contributed by atoms with Crippen molar-refractivity contribution in [1.82, 2.24) is 10.2 Å². The van der Waals surface area contributed by atoms with Crippen LogP contribution in [0, 0.1) is 0 Å². The number of benzene rings is 1. The van der Waals surface area contributed by atoms with Gasteiger partial charge in [0.2, 0.25) is 0 Å². The van der Waals surface area contributed by atoms with E-state index in [1.165, 1.54) is 0 Å². The number of piperazine rings is 1. The number of halogens is 1. The molecule has 21 heavy (non-hydrogen) atoms. The Hall–Kier alpha value is -1.40. The number of aliphatic carboxylic acids is 1. The zero-order valence-corrected chi connectivity index (χ0v) is 12.8. The Morgan fingerprint density at radius 2 is 1.86 bits per heavy atom. The summed E-state index contributed by atoms with van der Waals surface area (Å²) in [6, 6.07) is 9.31. The van der Waals surface area contributed by atoms with Crippen molar-refractivity contribution in [1.29, 1.82) is 0 Å².